The topological polar surface area (TPSA) is 26.0 Å². The van der Waals surface area contributed by atoms with Crippen molar-refractivity contribution < 1.29 is 4.39 Å². The molecule has 0 unspecified atom stereocenters. The number of hydrogen-bond donors (Lipinski definition) is 1. The fourth-order valence-corrected chi connectivity index (χ4v) is 0.962. The summed E-state index contributed by atoms with van der Waals surface area (Å²) in [5.41, 5.74) is 7.26. The predicted octanol–water partition coefficient (Wildman–Crippen LogP) is 1.66. The van der Waals surface area contributed by atoms with Gasteiger partial charge in [-0.1, -0.05) is 24.3 Å². The molecule has 0 aliphatic carbocycles. The maximum Gasteiger partial charge on any atom is 0.115 e. The van der Waals surface area contributed by atoms with Gasteiger partial charge in [0.15, 0.2) is 0 Å². The average molecular weight is 152 g/mol. The molecular weight excluding hydrogens is 140 g/mol. The largest absolute Gasteiger partial charge is 0.330 e. The van der Waals surface area contributed by atoms with Gasteiger partial charge >= 0.3 is 0 Å². The van der Waals surface area contributed by atoms with Gasteiger partial charge in [-0.3, -0.25) is 0 Å². The maximum absolute atomic E-state index is 12.0. The van der Waals surface area contributed by atoms with Crippen molar-refractivity contribution in [3.8, 4) is 0 Å². The Labute approximate surface area is 66.0 Å². The fourth-order valence-electron chi connectivity index (χ4n) is 0.962. The molecule has 2 heteroatoms. The van der Waals surface area contributed by atoms with Gasteiger partial charge in [0, 0.05) is 0 Å². The quantitative estimate of drug-likeness (QED) is 0.700. The van der Waals surface area contributed by atoms with E-state index in [2.05, 4.69) is 0 Å². The van der Waals surface area contributed by atoms with Gasteiger partial charge in [0.25, 0.3) is 0 Å². The van der Waals surface area contributed by atoms with Gasteiger partial charge in [0.05, 0.1) is 0 Å². The Morgan fingerprint density at radius 2 is 1.64 bits per heavy atom. The van der Waals surface area contributed by atoms with Crippen molar-refractivity contribution in [2.75, 3.05) is 6.54 Å². The number of alkyl halides is 1. The van der Waals surface area contributed by atoms with Crippen molar-refractivity contribution in [1.82, 2.24) is 0 Å². The first-order valence-electron chi connectivity index (χ1n) is 3.70. The van der Waals surface area contributed by atoms with Crippen molar-refractivity contribution in [3.05, 3.63) is 35.4 Å². The van der Waals surface area contributed by atoms with Gasteiger partial charge in [0.2, 0.25) is 0 Å². The van der Waals surface area contributed by atoms with E-state index in [4.69, 9.17) is 5.73 Å². The van der Waals surface area contributed by atoms with E-state index in [0.717, 1.165) is 12.0 Å². The van der Waals surface area contributed by atoms with E-state index < -0.39 is 0 Å². The zero-order valence-corrected chi connectivity index (χ0v) is 6.39. The lowest BCUT2D eigenvalue weighted by Gasteiger charge is -1.98. The summed E-state index contributed by atoms with van der Waals surface area (Å²) in [5.74, 6) is 0. The van der Waals surface area contributed by atoms with Crippen LogP contribution < -0.4 is 5.73 Å². The Morgan fingerprint density at radius 3 is 2.09 bits per heavy atom. The lowest BCUT2D eigenvalue weighted by Crippen LogP contribution is -2.02. The zero-order valence-electron chi connectivity index (χ0n) is 6.39. The fraction of sp³-hybridized carbons (Fsp3) is 0.333. The molecule has 60 valence electrons. The minimum atomic E-state index is -0.386. The molecule has 2 N–H and O–H groups in total. The van der Waals surface area contributed by atoms with Crippen LogP contribution in [0.1, 0.15) is 11.1 Å². The summed E-state index contributed by atoms with van der Waals surface area (Å²) < 4.78 is 12.0. The second kappa shape index (κ2) is 4.09. The van der Waals surface area contributed by atoms with Crippen molar-refractivity contribution in [2.45, 2.75) is 13.1 Å². The molecule has 0 saturated carbocycles. The van der Waals surface area contributed by atoms with Crippen molar-refractivity contribution in [2.24, 2.45) is 5.73 Å². The Balaban J connectivity index is 2.66. The number of hydrogen-bond acceptors (Lipinski definition) is 1. The van der Waals surface area contributed by atoms with Crippen molar-refractivity contribution >= 4 is 0 Å². The van der Waals surface area contributed by atoms with Gasteiger partial charge in [-0.15, -0.1) is 0 Å². The molecule has 0 fully saturated rings. The highest BCUT2D eigenvalue weighted by molar-refractivity contribution is 5.22. The maximum atomic E-state index is 12.0. The highest BCUT2D eigenvalue weighted by atomic mass is 18.2. The standard InChI is InChI=1S/C9H12FN/c10-7-9-3-1-8(2-4-9)5-6-11/h1-4H,5-7,11H2/i10-1. The number of benzene rings is 1. The first kappa shape index (κ1) is 8.21. The van der Waals surface area contributed by atoms with E-state index in [1.807, 2.05) is 12.1 Å². The van der Waals surface area contributed by atoms with Crippen LogP contribution in [0.2, 0.25) is 0 Å². The minimum Gasteiger partial charge on any atom is -0.330 e. The lowest BCUT2D eigenvalue weighted by atomic mass is 10.1. The summed E-state index contributed by atoms with van der Waals surface area (Å²) >= 11 is 0. The Morgan fingerprint density at radius 1 is 1.09 bits per heavy atom. The Kier molecular flexibility index (Phi) is 3.05. The van der Waals surface area contributed by atoms with Gasteiger partial charge in [-0.05, 0) is 24.1 Å². The summed E-state index contributed by atoms with van der Waals surface area (Å²) in [5, 5.41) is 0. The second-order valence-corrected chi connectivity index (χ2v) is 2.49. The van der Waals surface area contributed by atoms with Crippen LogP contribution in [0.15, 0.2) is 24.3 Å². The second-order valence-electron chi connectivity index (χ2n) is 2.49. The molecule has 0 amide bonds. The first-order chi connectivity index (χ1) is 5.36. The van der Waals surface area contributed by atoms with Crippen LogP contribution in [-0.4, -0.2) is 6.54 Å². The summed E-state index contributed by atoms with van der Waals surface area (Å²) in [6, 6.07) is 7.43. The van der Waals surface area contributed by atoms with Crippen molar-refractivity contribution in [1.29, 1.82) is 0 Å². The number of halogens is 1. The Bertz CT molecular complexity index is 205. The van der Waals surface area contributed by atoms with E-state index in [-0.39, 0.29) is 6.67 Å². The van der Waals surface area contributed by atoms with Crippen LogP contribution in [0, 0.1) is 0 Å². The Hall–Kier alpha value is -0.890. The van der Waals surface area contributed by atoms with Crippen LogP contribution in [0.25, 0.3) is 0 Å². The molecule has 0 aliphatic rings. The lowest BCUT2D eigenvalue weighted by molar-refractivity contribution is 0.485. The SMILES string of the molecule is NCCc1ccc(C[18F])cc1. The van der Waals surface area contributed by atoms with Crippen LogP contribution in [0.4, 0.5) is 4.39 Å². The molecule has 0 aromatic heterocycles. The molecule has 0 atom stereocenters. The molecule has 0 heterocycles. The normalized spacial score (nSPS) is 10.0. The molecular formula is C9H12FN. The van der Waals surface area contributed by atoms with Crippen LogP contribution in [0.5, 0.6) is 0 Å². The molecule has 0 radical (unpaired) electrons. The van der Waals surface area contributed by atoms with Gasteiger partial charge in [-0.2, -0.15) is 0 Å². The van der Waals surface area contributed by atoms with Crippen LogP contribution in [-0.2, 0) is 13.1 Å². The molecule has 1 nitrogen and oxygen atoms in total. The smallest absolute Gasteiger partial charge is 0.115 e. The van der Waals surface area contributed by atoms with E-state index in [0.29, 0.717) is 6.54 Å². The van der Waals surface area contributed by atoms with E-state index in [1.54, 1.807) is 12.1 Å². The summed E-state index contributed by atoms with van der Waals surface area (Å²) in [6.45, 7) is 0.262. The summed E-state index contributed by atoms with van der Waals surface area (Å²) in [4.78, 5) is 0. The molecule has 0 aliphatic heterocycles. The third-order valence-electron chi connectivity index (χ3n) is 1.61. The third-order valence-corrected chi connectivity index (χ3v) is 1.61. The predicted molar refractivity (Wildman–Crippen MR) is 44.0 cm³/mol. The summed E-state index contributed by atoms with van der Waals surface area (Å²) in [6.07, 6.45) is 0.868. The molecule has 11 heavy (non-hydrogen) atoms. The average Bonchev–Trinajstić information content (AvgIpc) is 2.07. The van der Waals surface area contributed by atoms with E-state index in [9.17, 15) is 4.39 Å². The van der Waals surface area contributed by atoms with E-state index in [1.165, 1.54) is 5.56 Å². The van der Waals surface area contributed by atoms with Crippen LogP contribution in [0.3, 0.4) is 0 Å². The monoisotopic (exact) mass is 152 g/mol. The number of rotatable bonds is 3. The molecule has 0 spiro atoms. The van der Waals surface area contributed by atoms with Gasteiger partial charge in [0.1, 0.15) is 6.67 Å². The molecule has 1 rings (SSSR count). The first-order valence-corrected chi connectivity index (χ1v) is 3.70. The third kappa shape index (κ3) is 2.31. The minimum absolute atomic E-state index is 0.386. The highest BCUT2D eigenvalue weighted by Crippen LogP contribution is 2.05. The number of nitrogens with two attached hydrogens (primary N) is 1. The van der Waals surface area contributed by atoms with E-state index >= 15 is 0 Å². The highest BCUT2D eigenvalue weighted by Gasteiger charge is 1.91. The van der Waals surface area contributed by atoms with Crippen molar-refractivity contribution in [3.63, 3.8) is 0 Å². The zero-order chi connectivity index (χ0) is 8.10. The molecule has 0 saturated heterocycles. The summed E-state index contributed by atoms with van der Waals surface area (Å²) in [7, 11) is 0. The van der Waals surface area contributed by atoms with Gasteiger partial charge in [-0.25, -0.2) is 4.39 Å². The molecule has 0 bridgehead atoms. The molecule has 1 aromatic carbocycles. The van der Waals surface area contributed by atoms with Gasteiger partial charge < -0.3 is 5.73 Å². The van der Waals surface area contributed by atoms with Crippen LogP contribution >= 0.6 is 0 Å². The molecule has 1 aromatic rings.